The fourth-order valence-corrected chi connectivity index (χ4v) is 6.09. The summed E-state index contributed by atoms with van der Waals surface area (Å²) in [6, 6.07) is 5.97. The van der Waals surface area contributed by atoms with Gasteiger partial charge in [-0.15, -0.1) is 11.3 Å². The van der Waals surface area contributed by atoms with Gasteiger partial charge in [0.1, 0.15) is 4.83 Å². The van der Waals surface area contributed by atoms with E-state index in [0.29, 0.717) is 16.2 Å². The molecule has 2 heterocycles. The molecule has 0 unspecified atom stereocenters. The SMILES string of the molecule is Cc1sc2nc(SCC(=O)N(C)c3ccc([N+](=O)[O-])cc3)n(C3CCCC3)c(=O)c2c1C. The zero-order valence-corrected chi connectivity index (χ0v) is 19.8. The Bertz CT molecular complexity index is 1240. The minimum Gasteiger partial charge on any atom is -0.315 e. The fourth-order valence-electron chi connectivity index (χ4n) is 4.04. The molecule has 3 aromatic rings. The van der Waals surface area contributed by atoms with Crippen LogP contribution in [0, 0.1) is 24.0 Å². The van der Waals surface area contributed by atoms with Crippen LogP contribution >= 0.6 is 23.1 Å². The van der Waals surface area contributed by atoms with Crippen LogP contribution in [0.2, 0.25) is 0 Å². The van der Waals surface area contributed by atoms with Crippen molar-refractivity contribution in [1.82, 2.24) is 9.55 Å². The topological polar surface area (TPSA) is 98.3 Å². The Labute approximate surface area is 193 Å². The van der Waals surface area contributed by atoms with Crippen molar-refractivity contribution in [3.63, 3.8) is 0 Å². The number of thiophene rings is 1. The number of aromatic nitrogens is 2. The third kappa shape index (κ3) is 4.16. The van der Waals surface area contributed by atoms with E-state index in [1.54, 1.807) is 23.7 Å². The zero-order valence-electron chi connectivity index (χ0n) is 18.2. The summed E-state index contributed by atoms with van der Waals surface area (Å²) in [5.41, 5.74) is 1.52. The molecule has 168 valence electrons. The van der Waals surface area contributed by atoms with Gasteiger partial charge in [-0.1, -0.05) is 24.6 Å². The third-order valence-electron chi connectivity index (χ3n) is 6.04. The summed E-state index contributed by atoms with van der Waals surface area (Å²) in [4.78, 5) is 44.7. The summed E-state index contributed by atoms with van der Waals surface area (Å²) < 4.78 is 1.80. The number of nitrogens with zero attached hydrogens (tertiary/aromatic N) is 4. The minimum absolute atomic E-state index is 0.0116. The molecular formula is C22H24N4O4S2. The molecule has 1 aromatic carbocycles. The molecule has 0 bridgehead atoms. The van der Waals surface area contributed by atoms with Crippen molar-refractivity contribution in [2.24, 2.45) is 0 Å². The van der Waals surface area contributed by atoms with Gasteiger partial charge in [0.05, 0.1) is 16.1 Å². The number of rotatable bonds is 6. The Hall–Kier alpha value is -2.72. The van der Waals surface area contributed by atoms with Gasteiger partial charge in [-0.05, 0) is 44.4 Å². The van der Waals surface area contributed by atoms with Gasteiger partial charge in [-0.25, -0.2) is 4.98 Å². The van der Waals surface area contributed by atoms with Gasteiger partial charge >= 0.3 is 0 Å². The van der Waals surface area contributed by atoms with E-state index in [4.69, 9.17) is 4.98 Å². The first-order valence-corrected chi connectivity index (χ1v) is 12.2. The van der Waals surface area contributed by atoms with Gasteiger partial charge < -0.3 is 4.90 Å². The maximum atomic E-state index is 13.4. The first-order chi connectivity index (χ1) is 15.3. The van der Waals surface area contributed by atoms with Crippen LogP contribution in [0.5, 0.6) is 0 Å². The zero-order chi connectivity index (χ0) is 23.0. The van der Waals surface area contributed by atoms with Gasteiger partial charge in [0, 0.05) is 35.8 Å². The number of anilines is 1. The number of hydrogen-bond acceptors (Lipinski definition) is 7. The summed E-state index contributed by atoms with van der Waals surface area (Å²) in [6.45, 7) is 3.96. The predicted octanol–water partition coefficient (Wildman–Crippen LogP) is 4.85. The Kier molecular flexibility index (Phi) is 6.34. The molecule has 0 aliphatic heterocycles. The van der Waals surface area contributed by atoms with Crippen LogP contribution in [0.25, 0.3) is 10.2 Å². The van der Waals surface area contributed by atoms with E-state index in [1.165, 1.54) is 40.1 Å². The smallest absolute Gasteiger partial charge is 0.269 e. The lowest BCUT2D eigenvalue weighted by Crippen LogP contribution is -2.29. The Morgan fingerprint density at radius 1 is 1.28 bits per heavy atom. The van der Waals surface area contributed by atoms with Crippen LogP contribution in [-0.2, 0) is 4.79 Å². The minimum atomic E-state index is -0.473. The van der Waals surface area contributed by atoms with Crippen LogP contribution in [0.1, 0.15) is 42.2 Å². The van der Waals surface area contributed by atoms with E-state index in [1.807, 2.05) is 13.8 Å². The summed E-state index contributed by atoms with van der Waals surface area (Å²) >= 11 is 2.79. The molecule has 2 aromatic heterocycles. The Morgan fingerprint density at radius 3 is 2.56 bits per heavy atom. The number of aryl methyl sites for hydroxylation is 2. The molecule has 8 nitrogen and oxygen atoms in total. The molecule has 1 saturated carbocycles. The van der Waals surface area contributed by atoms with Crippen LogP contribution in [0.15, 0.2) is 34.2 Å². The van der Waals surface area contributed by atoms with Crippen molar-refractivity contribution in [1.29, 1.82) is 0 Å². The summed E-state index contributed by atoms with van der Waals surface area (Å²) in [5, 5.41) is 12.1. The van der Waals surface area contributed by atoms with Gasteiger partial charge in [0.25, 0.3) is 11.2 Å². The molecule has 1 fully saturated rings. The van der Waals surface area contributed by atoms with Gasteiger partial charge in [0.15, 0.2) is 5.16 Å². The molecule has 0 atom stereocenters. The first kappa shape index (κ1) is 22.5. The summed E-state index contributed by atoms with van der Waals surface area (Å²) in [6.07, 6.45) is 4.06. The second-order valence-electron chi connectivity index (χ2n) is 7.99. The normalized spacial score (nSPS) is 14.2. The van der Waals surface area contributed by atoms with E-state index in [2.05, 4.69) is 0 Å². The maximum Gasteiger partial charge on any atom is 0.269 e. The number of carbonyl (C=O) groups is 1. The lowest BCUT2D eigenvalue weighted by molar-refractivity contribution is -0.384. The van der Waals surface area contributed by atoms with Crippen LogP contribution in [-0.4, -0.2) is 33.2 Å². The van der Waals surface area contributed by atoms with Crippen molar-refractivity contribution >= 4 is 50.6 Å². The molecule has 0 radical (unpaired) electrons. The Morgan fingerprint density at radius 2 is 1.94 bits per heavy atom. The average molecular weight is 473 g/mol. The number of thioether (sulfide) groups is 1. The molecule has 0 spiro atoms. The fraction of sp³-hybridized carbons (Fsp3) is 0.409. The van der Waals surface area contributed by atoms with Crippen molar-refractivity contribution in [2.45, 2.75) is 50.7 Å². The van der Waals surface area contributed by atoms with Gasteiger partial charge in [-0.2, -0.15) is 0 Å². The standard InChI is InChI=1S/C22H24N4O4S2/c1-13-14(2)32-20-19(13)21(28)25(16-6-4-5-7-16)22(23-20)31-12-18(27)24(3)15-8-10-17(11-9-15)26(29)30/h8-11,16H,4-7,12H2,1-3H3. The summed E-state index contributed by atoms with van der Waals surface area (Å²) in [7, 11) is 1.64. The highest BCUT2D eigenvalue weighted by atomic mass is 32.2. The number of nitro benzene ring substituents is 1. The molecule has 0 saturated heterocycles. The highest BCUT2D eigenvalue weighted by Gasteiger charge is 2.25. The molecule has 0 N–H and O–H groups in total. The van der Waals surface area contributed by atoms with Crippen molar-refractivity contribution in [3.05, 3.63) is 55.2 Å². The number of amides is 1. The van der Waals surface area contributed by atoms with E-state index < -0.39 is 4.92 Å². The summed E-state index contributed by atoms with van der Waals surface area (Å²) in [5.74, 6) is -0.0590. The van der Waals surface area contributed by atoms with Crippen LogP contribution < -0.4 is 10.5 Å². The van der Waals surface area contributed by atoms with E-state index in [0.717, 1.165) is 41.0 Å². The average Bonchev–Trinajstić information content (AvgIpc) is 3.40. The first-order valence-electron chi connectivity index (χ1n) is 10.4. The monoisotopic (exact) mass is 472 g/mol. The lowest BCUT2D eigenvalue weighted by atomic mass is 10.2. The Balaban J connectivity index is 1.60. The van der Waals surface area contributed by atoms with Crippen LogP contribution in [0.4, 0.5) is 11.4 Å². The van der Waals surface area contributed by atoms with E-state index in [9.17, 15) is 19.7 Å². The molecular weight excluding hydrogens is 448 g/mol. The van der Waals surface area contributed by atoms with Crippen molar-refractivity contribution in [2.75, 3.05) is 17.7 Å². The molecule has 1 aliphatic carbocycles. The van der Waals surface area contributed by atoms with E-state index in [-0.39, 0.29) is 28.9 Å². The molecule has 1 aliphatic rings. The second-order valence-corrected chi connectivity index (χ2v) is 10.1. The maximum absolute atomic E-state index is 13.4. The van der Waals surface area contributed by atoms with Gasteiger partial charge in [-0.3, -0.25) is 24.3 Å². The molecule has 10 heteroatoms. The number of non-ortho nitro benzene ring substituents is 1. The predicted molar refractivity (Wildman–Crippen MR) is 128 cm³/mol. The van der Waals surface area contributed by atoms with Crippen molar-refractivity contribution < 1.29 is 9.72 Å². The number of carbonyl (C=O) groups excluding carboxylic acids is 1. The molecule has 4 rings (SSSR count). The second kappa shape index (κ2) is 9.03. The molecule has 1 amide bonds. The lowest BCUT2D eigenvalue weighted by Gasteiger charge is -2.20. The largest absolute Gasteiger partial charge is 0.315 e. The number of benzene rings is 1. The molecule has 32 heavy (non-hydrogen) atoms. The highest BCUT2D eigenvalue weighted by molar-refractivity contribution is 7.99. The van der Waals surface area contributed by atoms with Gasteiger partial charge in [0.2, 0.25) is 5.91 Å². The number of nitro groups is 1. The number of fused-ring (bicyclic) bond motifs is 1. The quantitative estimate of drug-likeness (QED) is 0.220. The van der Waals surface area contributed by atoms with E-state index >= 15 is 0 Å². The highest BCUT2D eigenvalue weighted by Crippen LogP contribution is 2.34. The third-order valence-corrected chi connectivity index (χ3v) is 8.08. The number of hydrogen-bond donors (Lipinski definition) is 0. The van der Waals surface area contributed by atoms with Crippen LogP contribution in [0.3, 0.4) is 0 Å². The van der Waals surface area contributed by atoms with Crippen molar-refractivity contribution in [3.8, 4) is 0 Å².